The van der Waals surface area contributed by atoms with Crippen LogP contribution in [0.25, 0.3) is 0 Å². The first-order valence-corrected chi connectivity index (χ1v) is 11.4. The lowest BCUT2D eigenvalue weighted by atomic mass is 9.65. The lowest BCUT2D eigenvalue weighted by Gasteiger charge is -2.53. The predicted octanol–water partition coefficient (Wildman–Crippen LogP) is 4.55. The molecule has 0 aromatic heterocycles. The minimum Gasteiger partial charge on any atom is -0.383 e. The third kappa shape index (κ3) is 4.09. The van der Waals surface area contributed by atoms with E-state index in [9.17, 15) is 9.59 Å². The Morgan fingerprint density at radius 3 is 2.58 bits per heavy atom. The Hall–Kier alpha value is -2.37. The molecular formula is C25H29ClN2O3. The van der Waals surface area contributed by atoms with Gasteiger partial charge in [-0.05, 0) is 36.1 Å². The Bertz CT molecular complexity index is 955. The Morgan fingerprint density at radius 2 is 1.84 bits per heavy atom. The zero-order chi connectivity index (χ0) is 21.8. The monoisotopic (exact) mass is 440 g/mol. The molecule has 2 amide bonds. The number of hydrogen-bond donors (Lipinski definition) is 1. The van der Waals surface area contributed by atoms with Gasteiger partial charge < -0.3 is 15.0 Å². The molecule has 1 aliphatic carbocycles. The molecule has 6 heteroatoms. The van der Waals surface area contributed by atoms with Crippen molar-refractivity contribution in [3.63, 3.8) is 0 Å². The fourth-order valence-electron chi connectivity index (χ4n) is 5.28. The molecule has 1 saturated carbocycles. The van der Waals surface area contributed by atoms with E-state index >= 15 is 0 Å². The number of amides is 2. The van der Waals surface area contributed by atoms with E-state index in [0.717, 1.165) is 43.2 Å². The Labute approximate surface area is 188 Å². The number of ether oxygens (including phenoxy) is 1. The lowest BCUT2D eigenvalue weighted by Crippen LogP contribution is -2.63. The van der Waals surface area contributed by atoms with E-state index in [4.69, 9.17) is 16.3 Å². The van der Waals surface area contributed by atoms with Gasteiger partial charge >= 0.3 is 0 Å². The van der Waals surface area contributed by atoms with Gasteiger partial charge in [0, 0.05) is 30.8 Å². The first-order valence-electron chi connectivity index (χ1n) is 11.0. The predicted molar refractivity (Wildman–Crippen MR) is 121 cm³/mol. The molecule has 1 aliphatic heterocycles. The van der Waals surface area contributed by atoms with Crippen molar-refractivity contribution in [1.29, 1.82) is 0 Å². The number of methoxy groups -OCH3 is 1. The van der Waals surface area contributed by atoms with Crippen molar-refractivity contribution in [3.05, 3.63) is 70.2 Å². The Morgan fingerprint density at radius 1 is 1.13 bits per heavy atom. The second kappa shape index (κ2) is 9.41. The Balaban J connectivity index is 1.72. The van der Waals surface area contributed by atoms with Gasteiger partial charge in [0.25, 0.3) is 5.91 Å². The van der Waals surface area contributed by atoms with E-state index in [2.05, 4.69) is 5.32 Å². The second-order valence-corrected chi connectivity index (χ2v) is 8.85. The normalized spacial score (nSPS) is 19.9. The number of carbonyl (C=O) groups excluding carboxylic acids is 2. The molecule has 31 heavy (non-hydrogen) atoms. The van der Waals surface area contributed by atoms with Gasteiger partial charge in [0.15, 0.2) is 0 Å². The smallest absolute Gasteiger partial charge is 0.254 e. The number of carbonyl (C=O) groups is 2. The number of halogens is 1. The standard InChI is InChI=1S/C25H29ClN2O3/c1-31-16-15-28-24(30)20-11-5-4-10-19(20)22(25(28)13-7-2-8-14-25)23(29)27-17-18-9-3-6-12-21(18)26/h3-6,9-12,22H,2,7-8,13-17H2,1H3,(H,27,29)/t22-/m1/s1. The van der Waals surface area contributed by atoms with Crippen LogP contribution < -0.4 is 5.32 Å². The van der Waals surface area contributed by atoms with Crippen molar-refractivity contribution in [1.82, 2.24) is 10.2 Å². The van der Waals surface area contributed by atoms with Gasteiger partial charge in [0.1, 0.15) is 0 Å². The number of nitrogens with zero attached hydrogens (tertiary/aromatic N) is 1. The molecule has 0 radical (unpaired) electrons. The molecular weight excluding hydrogens is 412 g/mol. The summed E-state index contributed by atoms with van der Waals surface area (Å²) in [7, 11) is 1.64. The highest BCUT2D eigenvalue weighted by Gasteiger charge is 2.54. The van der Waals surface area contributed by atoms with Crippen LogP contribution in [0.4, 0.5) is 0 Å². The minimum absolute atomic E-state index is 0.00436. The summed E-state index contributed by atoms with van der Waals surface area (Å²) in [5.74, 6) is -0.463. The van der Waals surface area contributed by atoms with Crippen LogP contribution >= 0.6 is 11.6 Å². The van der Waals surface area contributed by atoms with Gasteiger partial charge in [-0.15, -0.1) is 0 Å². The maximum atomic E-state index is 13.7. The second-order valence-electron chi connectivity index (χ2n) is 8.44. The van der Waals surface area contributed by atoms with Crippen LogP contribution in [0.5, 0.6) is 0 Å². The van der Waals surface area contributed by atoms with Crippen LogP contribution in [-0.4, -0.2) is 42.5 Å². The highest BCUT2D eigenvalue weighted by molar-refractivity contribution is 6.31. The first-order chi connectivity index (χ1) is 15.1. The molecule has 0 unspecified atom stereocenters. The first kappa shape index (κ1) is 21.8. The van der Waals surface area contributed by atoms with E-state index in [1.807, 2.05) is 53.4 Å². The largest absolute Gasteiger partial charge is 0.383 e. The molecule has 2 aromatic rings. The summed E-state index contributed by atoms with van der Waals surface area (Å²) in [5.41, 5.74) is 1.81. The molecule has 1 atom stereocenters. The van der Waals surface area contributed by atoms with Crippen molar-refractivity contribution >= 4 is 23.4 Å². The van der Waals surface area contributed by atoms with E-state index in [1.165, 1.54) is 0 Å². The third-order valence-electron chi connectivity index (χ3n) is 6.73. The minimum atomic E-state index is -0.521. The Kier molecular flexibility index (Phi) is 6.63. The van der Waals surface area contributed by atoms with Crippen molar-refractivity contribution in [2.24, 2.45) is 0 Å². The fraction of sp³-hybridized carbons (Fsp3) is 0.440. The van der Waals surface area contributed by atoms with E-state index < -0.39 is 11.5 Å². The van der Waals surface area contributed by atoms with Crippen molar-refractivity contribution in [3.8, 4) is 0 Å². The number of hydrogen-bond acceptors (Lipinski definition) is 3. The summed E-state index contributed by atoms with van der Waals surface area (Å²) in [5, 5.41) is 3.76. The van der Waals surface area contributed by atoms with E-state index in [1.54, 1.807) is 7.11 Å². The number of benzene rings is 2. The van der Waals surface area contributed by atoms with Crippen LogP contribution in [0.3, 0.4) is 0 Å². The molecule has 2 aromatic carbocycles. The topological polar surface area (TPSA) is 58.6 Å². The molecule has 0 saturated heterocycles. The number of nitrogens with one attached hydrogen (secondary N) is 1. The van der Waals surface area contributed by atoms with Crippen LogP contribution in [0.15, 0.2) is 48.5 Å². The molecule has 4 rings (SSSR count). The summed E-state index contributed by atoms with van der Waals surface area (Å²) in [6.45, 7) is 1.29. The van der Waals surface area contributed by atoms with Crippen molar-refractivity contribution in [2.75, 3.05) is 20.3 Å². The third-order valence-corrected chi connectivity index (χ3v) is 7.10. The van der Waals surface area contributed by atoms with E-state index in [0.29, 0.717) is 30.3 Å². The molecule has 1 N–H and O–H groups in total. The van der Waals surface area contributed by atoms with Gasteiger partial charge in [-0.1, -0.05) is 67.3 Å². The van der Waals surface area contributed by atoms with Gasteiger partial charge in [-0.3, -0.25) is 9.59 Å². The molecule has 1 spiro atoms. The summed E-state index contributed by atoms with van der Waals surface area (Å²) < 4.78 is 5.32. The highest BCUT2D eigenvalue weighted by atomic mass is 35.5. The molecule has 1 fully saturated rings. The summed E-state index contributed by atoms with van der Waals surface area (Å²) in [6, 6.07) is 15.1. The summed E-state index contributed by atoms with van der Waals surface area (Å²) >= 11 is 6.30. The average molecular weight is 441 g/mol. The average Bonchev–Trinajstić information content (AvgIpc) is 2.79. The van der Waals surface area contributed by atoms with Crippen LogP contribution in [0, 0.1) is 0 Å². The van der Waals surface area contributed by atoms with Gasteiger partial charge in [0.2, 0.25) is 5.91 Å². The SMILES string of the molecule is COCCN1C(=O)c2ccccc2[C@H](C(=O)NCc2ccccc2Cl)C12CCCCC2. The highest BCUT2D eigenvalue weighted by Crippen LogP contribution is 2.49. The summed E-state index contributed by atoms with van der Waals surface area (Å²) in [4.78, 5) is 29.2. The van der Waals surface area contributed by atoms with E-state index in [-0.39, 0.29) is 11.8 Å². The van der Waals surface area contributed by atoms with Crippen molar-refractivity contribution < 1.29 is 14.3 Å². The zero-order valence-corrected chi connectivity index (χ0v) is 18.7. The van der Waals surface area contributed by atoms with Gasteiger partial charge in [0.05, 0.1) is 18.1 Å². The maximum absolute atomic E-state index is 13.7. The number of rotatable bonds is 6. The fourth-order valence-corrected chi connectivity index (χ4v) is 5.48. The molecule has 2 aliphatic rings. The molecule has 1 heterocycles. The summed E-state index contributed by atoms with van der Waals surface area (Å²) in [6.07, 6.45) is 4.78. The molecule has 0 bridgehead atoms. The van der Waals surface area contributed by atoms with Gasteiger partial charge in [-0.25, -0.2) is 0 Å². The van der Waals surface area contributed by atoms with Crippen LogP contribution in [0.1, 0.15) is 59.5 Å². The molecule has 164 valence electrons. The van der Waals surface area contributed by atoms with Crippen LogP contribution in [0.2, 0.25) is 5.02 Å². The lowest BCUT2D eigenvalue weighted by molar-refractivity contribution is -0.127. The van der Waals surface area contributed by atoms with Crippen LogP contribution in [-0.2, 0) is 16.1 Å². The van der Waals surface area contributed by atoms with Crippen molar-refractivity contribution in [2.45, 2.75) is 50.1 Å². The zero-order valence-electron chi connectivity index (χ0n) is 17.9. The quantitative estimate of drug-likeness (QED) is 0.717. The maximum Gasteiger partial charge on any atom is 0.254 e. The molecule has 5 nitrogen and oxygen atoms in total. The van der Waals surface area contributed by atoms with Gasteiger partial charge in [-0.2, -0.15) is 0 Å². The number of fused-ring (bicyclic) bond motifs is 1.